The minimum absolute atomic E-state index is 0.229. The van der Waals surface area contributed by atoms with E-state index in [1.807, 2.05) is 6.07 Å². The van der Waals surface area contributed by atoms with E-state index in [1.54, 1.807) is 0 Å². The zero-order valence-electron chi connectivity index (χ0n) is 14.9. The minimum Gasteiger partial charge on any atom is -0.257 e. The second-order valence-electron chi connectivity index (χ2n) is 6.60. The minimum atomic E-state index is 0.229. The number of allylic oxidation sites excluding steroid dienone is 1. The monoisotopic (exact) mass is 338 g/mol. The van der Waals surface area contributed by atoms with Gasteiger partial charge in [-0.2, -0.15) is 5.10 Å². The van der Waals surface area contributed by atoms with Crippen LogP contribution in [0.3, 0.4) is 0 Å². The molecular weight excluding hydrogens is 316 g/mol. The van der Waals surface area contributed by atoms with Crippen molar-refractivity contribution in [1.82, 2.24) is 0 Å². The molecule has 128 valence electrons. The van der Waals surface area contributed by atoms with Gasteiger partial charge in [0.25, 0.3) is 0 Å². The maximum Gasteiger partial charge on any atom is 0.0831 e. The number of para-hydroxylation sites is 1. The Morgan fingerprint density at radius 3 is 2.19 bits per heavy atom. The zero-order chi connectivity index (χ0) is 17.8. The van der Waals surface area contributed by atoms with Gasteiger partial charge in [-0.25, -0.2) is 0 Å². The molecule has 26 heavy (non-hydrogen) atoms. The molecule has 0 spiro atoms. The first-order valence-electron chi connectivity index (χ1n) is 9.02. The van der Waals surface area contributed by atoms with Crippen LogP contribution in [-0.2, 0) is 0 Å². The van der Waals surface area contributed by atoms with Crippen LogP contribution in [0.5, 0.6) is 0 Å². The summed E-state index contributed by atoms with van der Waals surface area (Å²) >= 11 is 0. The second-order valence-corrected chi connectivity index (χ2v) is 6.60. The van der Waals surface area contributed by atoms with Crippen LogP contribution in [0.2, 0.25) is 0 Å². The summed E-state index contributed by atoms with van der Waals surface area (Å²) in [7, 11) is 0. The maximum atomic E-state index is 4.96. The van der Waals surface area contributed by atoms with Crippen LogP contribution in [0.25, 0.3) is 6.08 Å². The molecule has 0 N–H and O–H groups in total. The number of hydrogen-bond acceptors (Lipinski definition) is 2. The molecular formula is C24H22N2. The van der Waals surface area contributed by atoms with Crippen molar-refractivity contribution in [3.63, 3.8) is 0 Å². The van der Waals surface area contributed by atoms with Crippen LogP contribution in [-0.4, -0.2) is 5.71 Å². The third-order valence-electron chi connectivity index (χ3n) is 4.75. The highest BCUT2D eigenvalue weighted by atomic mass is 15.5. The second kappa shape index (κ2) is 7.40. The zero-order valence-corrected chi connectivity index (χ0v) is 14.9. The van der Waals surface area contributed by atoms with Gasteiger partial charge in [0, 0.05) is 6.42 Å². The van der Waals surface area contributed by atoms with Gasteiger partial charge in [0.05, 0.1) is 17.4 Å². The SMILES string of the molecule is Cc1ccccc1N1N=C(/C=C/c2ccccc2)C[C@@H]1c1ccccc1. The van der Waals surface area contributed by atoms with E-state index >= 15 is 0 Å². The lowest BCUT2D eigenvalue weighted by molar-refractivity contribution is 0.707. The fourth-order valence-electron chi connectivity index (χ4n) is 3.37. The summed E-state index contributed by atoms with van der Waals surface area (Å²) in [5.41, 5.74) is 6.00. The summed E-state index contributed by atoms with van der Waals surface area (Å²) in [6, 6.07) is 29.7. The number of aryl methyl sites for hydroxylation is 1. The fraction of sp³-hybridized carbons (Fsp3) is 0.125. The van der Waals surface area contributed by atoms with Gasteiger partial charge in [0.1, 0.15) is 0 Å². The molecule has 0 saturated carbocycles. The predicted octanol–water partition coefficient (Wildman–Crippen LogP) is 6.02. The standard InChI is InChI=1S/C24H22N2/c1-19-10-8-9-15-23(19)26-24(21-13-6-3-7-14-21)18-22(25-26)17-16-20-11-4-2-5-12-20/h2-17,24H,18H2,1H3/b17-16+/t24-/m1/s1. The van der Waals surface area contributed by atoms with E-state index in [4.69, 9.17) is 5.10 Å². The van der Waals surface area contributed by atoms with Gasteiger partial charge in [0.2, 0.25) is 0 Å². The van der Waals surface area contributed by atoms with Crippen molar-refractivity contribution in [2.75, 3.05) is 5.01 Å². The highest BCUT2D eigenvalue weighted by Crippen LogP contribution is 2.36. The normalized spacial score (nSPS) is 16.9. The molecule has 2 nitrogen and oxygen atoms in total. The van der Waals surface area contributed by atoms with Crippen LogP contribution in [0, 0.1) is 6.92 Å². The van der Waals surface area contributed by atoms with Crippen molar-refractivity contribution in [3.8, 4) is 0 Å². The molecule has 3 aromatic carbocycles. The predicted molar refractivity (Wildman–Crippen MR) is 110 cm³/mol. The molecule has 2 heteroatoms. The highest BCUT2D eigenvalue weighted by molar-refractivity contribution is 6.01. The van der Waals surface area contributed by atoms with Gasteiger partial charge in [-0.1, -0.05) is 84.9 Å². The van der Waals surface area contributed by atoms with E-state index in [1.165, 1.54) is 22.4 Å². The number of hydrazone groups is 1. The molecule has 0 amide bonds. The van der Waals surface area contributed by atoms with Crippen LogP contribution in [0.15, 0.2) is 96.1 Å². The molecule has 1 atom stereocenters. The maximum absolute atomic E-state index is 4.96. The molecule has 1 aliphatic rings. The molecule has 1 heterocycles. The molecule has 0 fully saturated rings. The number of hydrogen-bond donors (Lipinski definition) is 0. The molecule has 0 aromatic heterocycles. The first kappa shape index (κ1) is 16.3. The van der Waals surface area contributed by atoms with Gasteiger partial charge in [-0.15, -0.1) is 0 Å². The summed E-state index contributed by atoms with van der Waals surface area (Å²) in [5.74, 6) is 0. The van der Waals surface area contributed by atoms with Crippen LogP contribution in [0.4, 0.5) is 5.69 Å². The Morgan fingerprint density at radius 2 is 1.46 bits per heavy atom. The molecule has 0 radical (unpaired) electrons. The Labute approximate surface area is 155 Å². The number of nitrogens with zero attached hydrogens (tertiary/aromatic N) is 2. The van der Waals surface area contributed by atoms with Gasteiger partial charge in [-0.05, 0) is 35.8 Å². The summed E-state index contributed by atoms with van der Waals surface area (Å²) in [4.78, 5) is 0. The van der Waals surface area contributed by atoms with Crippen molar-refractivity contribution >= 4 is 17.5 Å². The molecule has 0 saturated heterocycles. The lowest BCUT2D eigenvalue weighted by atomic mass is 10.0. The third kappa shape index (κ3) is 3.45. The first-order chi connectivity index (χ1) is 12.8. The Morgan fingerprint density at radius 1 is 0.808 bits per heavy atom. The Kier molecular flexibility index (Phi) is 4.65. The van der Waals surface area contributed by atoms with E-state index in [2.05, 4.69) is 103 Å². The average Bonchev–Trinajstić information content (AvgIpc) is 3.12. The average molecular weight is 338 g/mol. The number of anilines is 1. The van der Waals surface area contributed by atoms with E-state index in [9.17, 15) is 0 Å². The molecule has 0 unspecified atom stereocenters. The lowest BCUT2D eigenvalue weighted by Gasteiger charge is -2.25. The Hall–Kier alpha value is -3.13. The topological polar surface area (TPSA) is 15.6 Å². The summed E-state index contributed by atoms with van der Waals surface area (Å²) in [6.45, 7) is 2.14. The van der Waals surface area contributed by atoms with Crippen LogP contribution >= 0.6 is 0 Å². The summed E-state index contributed by atoms with van der Waals surface area (Å²) < 4.78 is 0. The van der Waals surface area contributed by atoms with Crippen LogP contribution < -0.4 is 5.01 Å². The van der Waals surface area contributed by atoms with Crippen molar-refractivity contribution in [3.05, 3.63) is 108 Å². The highest BCUT2D eigenvalue weighted by Gasteiger charge is 2.28. The number of benzene rings is 3. The van der Waals surface area contributed by atoms with Crippen molar-refractivity contribution in [2.24, 2.45) is 5.10 Å². The molecule has 4 rings (SSSR count). The Balaban J connectivity index is 1.68. The smallest absolute Gasteiger partial charge is 0.0831 e. The van der Waals surface area contributed by atoms with E-state index in [0.717, 1.165) is 12.1 Å². The lowest BCUT2D eigenvalue weighted by Crippen LogP contribution is -2.19. The van der Waals surface area contributed by atoms with E-state index in [0.29, 0.717) is 0 Å². The van der Waals surface area contributed by atoms with Crippen molar-refractivity contribution in [2.45, 2.75) is 19.4 Å². The molecule has 1 aliphatic heterocycles. The molecule has 3 aromatic rings. The first-order valence-corrected chi connectivity index (χ1v) is 9.02. The van der Waals surface area contributed by atoms with Gasteiger partial charge in [-0.3, -0.25) is 5.01 Å². The largest absolute Gasteiger partial charge is 0.257 e. The summed E-state index contributed by atoms with van der Waals surface area (Å²) in [5, 5.41) is 7.13. The van der Waals surface area contributed by atoms with Crippen molar-refractivity contribution in [1.29, 1.82) is 0 Å². The van der Waals surface area contributed by atoms with E-state index in [-0.39, 0.29) is 6.04 Å². The van der Waals surface area contributed by atoms with Crippen molar-refractivity contribution < 1.29 is 0 Å². The quantitative estimate of drug-likeness (QED) is 0.568. The summed E-state index contributed by atoms with van der Waals surface area (Å²) in [6.07, 6.45) is 5.19. The Bertz CT molecular complexity index is 927. The van der Waals surface area contributed by atoms with E-state index < -0.39 is 0 Å². The van der Waals surface area contributed by atoms with Gasteiger partial charge < -0.3 is 0 Å². The molecule has 0 aliphatic carbocycles. The third-order valence-corrected chi connectivity index (χ3v) is 4.75. The molecule has 0 bridgehead atoms. The van der Waals surface area contributed by atoms with Gasteiger partial charge in [0.15, 0.2) is 0 Å². The number of rotatable bonds is 4. The van der Waals surface area contributed by atoms with Crippen LogP contribution in [0.1, 0.15) is 29.2 Å². The van der Waals surface area contributed by atoms with Gasteiger partial charge >= 0.3 is 0 Å². The fourth-order valence-corrected chi connectivity index (χ4v) is 3.37.